The summed E-state index contributed by atoms with van der Waals surface area (Å²) < 4.78 is 0. The van der Waals surface area contributed by atoms with Gasteiger partial charge in [0.05, 0.1) is 17.1 Å². The molecule has 1 heterocycles. The van der Waals surface area contributed by atoms with Gasteiger partial charge in [-0.25, -0.2) is 4.98 Å². The van der Waals surface area contributed by atoms with Gasteiger partial charge in [0.25, 0.3) is 0 Å². The molecule has 2 atom stereocenters. The number of para-hydroxylation sites is 2. The number of hydrogen-bond acceptors (Lipinski definition) is 2. The van der Waals surface area contributed by atoms with Crippen molar-refractivity contribution in [3.63, 3.8) is 0 Å². The molecule has 0 amide bonds. The van der Waals surface area contributed by atoms with Gasteiger partial charge in [0, 0.05) is 10.9 Å². The quantitative estimate of drug-likeness (QED) is 0.771. The maximum absolute atomic E-state index is 9.70. The lowest BCUT2D eigenvalue weighted by Gasteiger charge is -2.07. The second-order valence-electron chi connectivity index (χ2n) is 5.46. The highest BCUT2D eigenvalue weighted by atomic mass is 35.5. The van der Waals surface area contributed by atoms with Gasteiger partial charge in [0.2, 0.25) is 0 Å². The van der Waals surface area contributed by atoms with E-state index in [0.717, 1.165) is 33.9 Å². The zero-order valence-corrected chi connectivity index (χ0v) is 11.9. The van der Waals surface area contributed by atoms with Gasteiger partial charge >= 0.3 is 0 Å². The Balaban J connectivity index is 1.80. The average molecular weight is 294 g/mol. The van der Waals surface area contributed by atoms with Crippen LogP contribution in [0.15, 0.2) is 48.5 Å². The topological polar surface area (TPSA) is 52.5 Å². The molecule has 0 bridgehead atoms. The highest BCUT2D eigenvalue weighted by Crippen LogP contribution is 2.60. The van der Waals surface area contributed by atoms with E-state index in [0.29, 0.717) is 0 Å². The van der Waals surface area contributed by atoms with Crippen molar-refractivity contribution in [2.45, 2.75) is 17.8 Å². The van der Waals surface area contributed by atoms with E-state index in [1.54, 1.807) is 0 Å². The monoisotopic (exact) mass is 293 g/mol. The minimum absolute atomic E-state index is 0.108. The summed E-state index contributed by atoms with van der Waals surface area (Å²) in [4.78, 5) is 7.89. The Kier molecular flexibility index (Phi) is 2.57. The first-order valence-corrected chi connectivity index (χ1v) is 7.23. The molecule has 1 fully saturated rings. The first-order chi connectivity index (χ1) is 10.2. The molecule has 1 aliphatic rings. The molecule has 4 rings (SSSR count). The van der Waals surface area contributed by atoms with Crippen LogP contribution in [0.25, 0.3) is 11.0 Å². The molecule has 1 aliphatic carbocycles. The molecular formula is C17H12ClN3. The molecule has 4 heteroatoms. The Morgan fingerprint density at radius 1 is 1.19 bits per heavy atom. The Morgan fingerprint density at radius 3 is 2.71 bits per heavy atom. The minimum atomic E-state index is -0.579. The first-order valence-electron chi connectivity index (χ1n) is 6.85. The third kappa shape index (κ3) is 1.76. The molecular weight excluding hydrogens is 282 g/mol. The summed E-state index contributed by atoms with van der Waals surface area (Å²) >= 11 is 6.27. The lowest BCUT2D eigenvalue weighted by molar-refractivity contribution is 0.790. The highest BCUT2D eigenvalue weighted by molar-refractivity contribution is 6.31. The summed E-state index contributed by atoms with van der Waals surface area (Å²) in [5.41, 5.74) is 2.31. The molecule has 3 aromatic rings. The number of rotatable bonds is 2. The van der Waals surface area contributed by atoms with Gasteiger partial charge < -0.3 is 4.98 Å². The lowest BCUT2D eigenvalue weighted by atomic mass is 10.00. The maximum atomic E-state index is 9.70. The fourth-order valence-electron chi connectivity index (χ4n) is 3.00. The Morgan fingerprint density at radius 2 is 1.95 bits per heavy atom. The van der Waals surface area contributed by atoms with Gasteiger partial charge in [-0.3, -0.25) is 0 Å². The van der Waals surface area contributed by atoms with Crippen LogP contribution in [0.3, 0.4) is 0 Å². The number of nitrogens with one attached hydrogen (secondary N) is 1. The van der Waals surface area contributed by atoms with Crippen molar-refractivity contribution < 1.29 is 0 Å². The van der Waals surface area contributed by atoms with Crippen molar-refractivity contribution in [3.05, 3.63) is 64.9 Å². The van der Waals surface area contributed by atoms with E-state index in [2.05, 4.69) is 16.0 Å². The van der Waals surface area contributed by atoms with Crippen LogP contribution in [-0.4, -0.2) is 9.97 Å². The van der Waals surface area contributed by atoms with Crippen LogP contribution in [0.5, 0.6) is 0 Å². The van der Waals surface area contributed by atoms with E-state index in [9.17, 15) is 5.26 Å². The van der Waals surface area contributed by atoms with Gasteiger partial charge in [-0.05, 0) is 30.2 Å². The molecule has 0 spiro atoms. The Hall–Kier alpha value is -2.31. The number of imidazole rings is 1. The standard InChI is InChI=1S/C17H12ClN3/c18-13-6-2-1-5-11(13)12-9-17(12,10-19)16-20-14-7-3-4-8-15(14)21-16/h1-8,12H,9H2,(H,20,21)/t12-,17+/m1/s1. The second-order valence-corrected chi connectivity index (χ2v) is 5.87. The van der Waals surface area contributed by atoms with Gasteiger partial charge in [-0.1, -0.05) is 41.9 Å². The van der Waals surface area contributed by atoms with E-state index < -0.39 is 5.41 Å². The smallest absolute Gasteiger partial charge is 0.128 e. The number of benzene rings is 2. The number of hydrogen-bond donors (Lipinski definition) is 1. The first kappa shape index (κ1) is 12.4. The zero-order chi connectivity index (χ0) is 14.4. The molecule has 2 aromatic carbocycles. The predicted molar refractivity (Wildman–Crippen MR) is 82.2 cm³/mol. The predicted octanol–water partition coefficient (Wildman–Crippen LogP) is 4.17. The van der Waals surface area contributed by atoms with Crippen molar-refractivity contribution in [2.75, 3.05) is 0 Å². The average Bonchev–Trinajstić information content (AvgIpc) is 3.09. The summed E-state index contributed by atoms with van der Waals surface area (Å²) in [6.07, 6.45) is 0.757. The highest BCUT2D eigenvalue weighted by Gasteiger charge is 2.59. The van der Waals surface area contributed by atoms with Crippen LogP contribution in [0.4, 0.5) is 0 Å². The Bertz CT molecular complexity index is 844. The number of H-pyrrole nitrogens is 1. The van der Waals surface area contributed by atoms with Crippen molar-refractivity contribution in [1.29, 1.82) is 5.26 Å². The van der Waals surface area contributed by atoms with Gasteiger partial charge in [0.1, 0.15) is 11.2 Å². The zero-order valence-electron chi connectivity index (χ0n) is 11.2. The summed E-state index contributed by atoms with van der Waals surface area (Å²) in [6, 6.07) is 18.0. The summed E-state index contributed by atoms with van der Waals surface area (Å²) in [7, 11) is 0. The maximum Gasteiger partial charge on any atom is 0.128 e. The molecule has 0 saturated heterocycles. The van der Waals surface area contributed by atoms with E-state index in [1.165, 1.54) is 0 Å². The number of nitriles is 1. The molecule has 21 heavy (non-hydrogen) atoms. The fourth-order valence-corrected chi connectivity index (χ4v) is 3.27. The van der Waals surface area contributed by atoms with Crippen LogP contribution in [0.1, 0.15) is 23.7 Å². The fraction of sp³-hybridized carbons (Fsp3) is 0.176. The van der Waals surface area contributed by atoms with E-state index in [-0.39, 0.29) is 5.92 Å². The SMILES string of the molecule is N#C[C@@]1(c2nc3ccccc3[nH]2)C[C@@H]1c1ccccc1Cl. The van der Waals surface area contributed by atoms with E-state index in [4.69, 9.17) is 11.6 Å². The van der Waals surface area contributed by atoms with Crippen molar-refractivity contribution in [1.82, 2.24) is 9.97 Å². The third-order valence-corrected chi connectivity index (χ3v) is 4.60. The van der Waals surface area contributed by atoms with Gasteiger partial charge in [0.15, 0.2) is 0 Å². The van der Waals surface area contributed by atoms with Crippen LogP contribution in [-0.2, 0) is 5.41 Å². The number of nitrogens with zero attached hydrogens (tertiary/aromatic N) is 2. The van der Waals surface area contributed by atoms with Crippen molar-refractivity contribution >= 4 is 22.6 Å². The van der Waals surface area contributed by atoms with Crippen molar-refractivity contribution in [2.24, 2.45) is 0 Å². The molecule has 0 radical (unpaired) electrons. The number of fused-ring (bicyclic) bond motifs is 1. The van der Waals surface area contributed by atoms with Gasteiger partial charge in [-0.2, -0.15) is 5.26 Å². The molecule has 0 unspecified atom stereocenters. The molecule has 102 valence electrons. The molecule has 0 aliphatic heterocycles. The normalized spacial score (nSPS) is 23.9. The van der Waals surface area contributed by atoms with Crippen molar-refractivity contribution in [3.8, 4) is 6.07 Å². The van der Waals surface area contributed by atoms with Crippen LogP contribution in [0.2, 0.25) is 5.02 Å². The van der Waals surface area contributed by atoms with E-state index >= 15 is 0 Å². The van der Waals surface area contributed by atoms with Crippen LogP contribution >= 0.6 is 11.6 Å². The minimum Gasteiger partial charge on any atom is -0.341 e. The molecule has 1 N–H and O–H groups in total. The number of aromatic amines is 1. The molecule has 1 aromatic heterocycles. The summed E-state index contributed by atoms with van der Waals surface area (Å²) in [5, 5.41) is 10.4. The summed E-state index contributed by atoms with van der Waals surface area (Å²) in [6.45, 7) is 0. The second kappa shape index (κ2) is 4.34. The largest absolute Gasteiger partial charge is 0.341 e. The number of aromatic nitrogens is 2. The Labute approximate surface area is 127 Å². The molecule has 3 nitrogen and oxygen atoms in total. The van der Waals surface area contributed by atoms with Crippen LogP contribution < -0.4 is 0 Å². The molecule has 1 saturated carbocycles. The van der Waals surface area contributed by atoms with E-state index in [1.807, 2.05) is 48.5 Å². The summed E-state index contributed by atoms with van der Waals surface area (Å²) in [5.74, 6) is 0.855. The number of halogens is 1. The van der Waals surface area contributed by atoms with Crippen LogP contribution in [0, 0.1) is 11.3 Å². The van der Waals surface area contributed by atoms with Gasteiger partial charge in [-0.15, -0.1) is 0 Å². The third-order valence-electron chi connectivity index (χ3n) is 4.25. The lowest BCUT2D eigenvalue weighted by Crippen LogP contribution is -2.09.